The first-order chi connectivity index (χ1) is 9.09. The zero-order chi connectivity index (χ0) is 13.8. The Bertz CT molecular complexity index is 600. The summed E-state index contributed by atoms with van der Waals surface area (Å²) in [5.41, 5.74) is 5.71. The minimum Gasteiger partial charge on any atom is -0.486 e. The average molecular weight is 262 g/mol. The van der Waals surface area contributed by atoms with Crippen LogP contribution in [0.5, 0.6) is 5.75 Å². The van der Waals surface area contributed by atoms with Gasteiger partial charge in [-0.1, -0.05) is 30.3 Å². The van der Waals surface area contributed by atoms with Crippen molar-refractivity contribution in [1.82, 2.24) is 0 Å². The number of rotatable bonds is 4. The lowest BCUT2D eigenvalue weighted by atomic mass is 10.1. The van der Waals surface area contributed by atoms with Gasteiger partial charge in [0.1, 0.15) is 12.4 Å². The van der Waals surface area contributed by atoms with Gasteiger partial charge in [-0.2, -0.15) is 4.39 Å². The van der Waals surface area contributed by atoms with E-state index in [1.807, 2.05) is 30.3 Å². The summed E-state index contributed by atoms with van der Waals surface area (Å²) < 4.78 is 32.4. The van der Waals surface area contributed by atoms with Crippen LogP contribution in [0.1, 0.15) is 11.1 Å². The molecule has 0 radical (unpaired) electrons. The third-order valence-electron chi connectivity index (χ3n) is 2.57. The highest BCUT2D eigenvalue weighted by molar-refractivity contribution is 5.95. The van der Waals surface area contributed by atoms with Crippen molar-refractivity contribution in [1.29, 1.82) is 5.41 Å². The smallest absolute Gasteiger partial charge is 0.201 e. The highest BCUT2D eigenvalue weighted by Gasteiger charge is 2.16. The van der Waals surface area contributed by atoms with E-state index < -0.39 is 17.5 Å². The Kier molecular flexibility index (Phi) is 3.75. The van der Waals surface area contributed by atoms with Crippen molar-refractivity contribution in [2.24, 2.45) is 5.73 Å². The lowest BCUT2D eigenvalue weighted by Gasteiger charge is -2.09. The highest BCUT2D eigenvalue weighted by atomic mass is 19.2. The molecule has 0 amide bonds. The quantitative estimate of drug-likeness (QED) is 0.657. The Morgan fingerprint density at radius 1 is 1.05 bits per heavy atom. The Hall–Kier alpha value is -2.43. The van der Waals surface area contributed by atoms with Crippen molar-refractivity contribution < 1.29 is 13.5 Å². The molecule has 19 heavy (non-hydrogen) atoms. The van der Waals surface area contributed by atoms with E-state index in [0.29, 0.717) is 0 Å². The predicted octanol–water partition coefficient (Wildman–Crippen LogP) is 2.83. The Morgan fingerprint density at radius 3 is 2.37 bits per heavy atom. The predicted molar refractivity (Wildman–Crippen MR) is 68.1 cm³/mol. The topological polar surface area (TPSA) is 59.1 Å². The normalized spacial score (nSPS) is 10.2. The molecule has 2 aromatic carbocycles. The number of nitrogens with one attached hydrogen (secondary N) is 1. The van der Waals surface area contributed by atoms with Crippen molar-refractivity contribution in [3.05, 3.63) is 65.2 Å². The Labute approximate surface area is 109 Å². The van der Waals surface area contributed by atoms with Crippen LogP contribution in [0, 0.1) is 17.0 Å². The fourth-order valence-electron chi connectivity index (χ4n) is 1.59. The molecule has 0 bridgehead atoms. The van der Waals surface area contributed by atoms with Gasteiger partial charge >= 0.3 is 0 Å². The largest absolute Gasteiger partial charge is 0.486 e. The van der Waals surface area contributed by atoms with Crippen molar-refractivity contribution in [3.8, 4) is 5.75 Å². The minimum atomic E-state index is -1.17. The number of amidine groups is 1. The lowest BCUT2D eigenvalue weighted by molar-refractivity contribution is 0.284. The fraction of sp³-hybridized carbons (Fsp3) is 0.0714. The second-order valence-electron chi connectivity index (χ2n) is 3.93. The second-order valence-corrected chi connectivity index (χ2v) is 3.93. The van der Waals surface area contributed by atoms with Gasteiger partial charge in [0.2, 0.25) is 5.82 Å². The first-order valence-corrected chi connectivity index (χ1v) is 5.58. The number of nitrogen functional groups attached to an aromatic ring is 1. The van der Waals surface area contributed by atoms with Crippen LogP contribution in [0.15, 0.2) is 42.5 Å². The van der Waals surface area contributed by atoms with Gasteiger partial charge in [-0.05, 0) is 17.7 Å². The monoisotopic (exact) mass is 262 g/mol. The minimum absolute atomic E-state index is 0.136. The van der Waals surface area contributed by atoms with Crippen LogP contribution >= 0.6 is 0 Å². The maximum absolute atomic E-state index is 13.7. The molecule has 0 fully saturated rings. The van der Waals surface area contributed by atoms with E-state index in [0.717, 1.165) is 5.56 Å². The van der Waals surface area contributed by atoms with Crippen LogP contribution in [-0.4, -0.2) is 5.84 Å². The summed E-state index contributed by atoms with van der Waals surface area (Å²) in [7, 11) is 0. The summed E-state index contributed by atoms with van der Waals surface area (Å²) in [5.74, 6) is -3.03. The van der Waals surface area contributed by atoms with Gasteiger partial charge < -0.3 is 10.5 Å². The van der Waals surface area contributed by atoms with Crippen LogP contribution in [-0.2, 0) is 6.61 Å². The maximum Gasteiger partial charge on any atom is 0.201 e. The molecule has 0 saturated heterocycles. The van der Waals surface area contributed by atoms with Crippen molar-refractivity contribution >= 4 is 5.84 Å². The molecule has 3 N–H and O–H groups in total. The molecular formula is C14H12F2N2O. The summed E-state index contributed by atoms with van der Waals surface area (Å²) in [6.45, 7) is 0.136. The molecule has 0 atom stereocenters. The number of halogens is 2. The summed E-state index contributed by atoms with van der Waals surface area (Å²) in [5, 5.41) is 7.11. The molecule has 2 aromatic rings. The van der Waals surface area contributed by atoms with E-state index in [1.165, 1.54) is 12.1 Å². The fourth-order valence-corrected chi connectivity index (χ4v) is 1.59. The molecule has 0 aliphatic heterocycles. The van der Waals surface area contributed by atoms with Gasteiger partial charge in [0.25, 0.3) is 0 Å². The average Bonchev–Trinajstić information content (AvgIpc) is 2.41. The molecular weight excluding hydrogens is 250 g/mol. The summed E-state index contributed by atoms with van der Waals surface area (Å²) in [6, 6.07) is 11.6. The number of hydrogen-bond donors (Lipinski definition) is 2. The first kappa shape index (κ1) is 13.0. The molecule has 0 saturated carbocycles. The van der Waals surface area contributed by atoms with Crippen molar-refractivity contribution in [2.75, 3.05) is 0 Å². The van der Waals surface area contributed by atoms with Crippen LogP contribution in [0.4, 0.5) is 8.78 Å². The highest BCUT2D eigenvalue weighted by Crippen LogP contribution is 2.23. The first-order valence-electron chi connectivity index (χ1n) is 5.58. The molecule has 98 valence electrons. The van der Waals surface area contributed by atoms with Crippen molar-refractivity contribution in [3.63, 3.8) is 0 Å². The van der Waals surface area contributed by atoms with Gasteiger partial charge in [0.05, 0.1) is 5.56 Å². The van der Waals surface area contributed by atoms with E-state index >= 15 is 0 Å². The molecule has 0 unspecified atom stereocenters. The molecule has 0 spiro atoms. The zero-order valence-corrected chi connectivity index (χ0v) is 9.99. The number of nitrogens with two attached hydrogens (primary N) is 1. The maximum atomic E-state index is 13.7. The molecule has 5 heteroatoms. The zero-order valence-electron chi connectivity index (χ0n) is 9.99. The van der Waals surface area contributed by atoms with Crippen LogP contribution in [0.2, 0.25) is 0 Å². The molecule has 2 rings (SSSR count). The molecule has 3 nitrogen and oxygen atoms in total. The number of benzene rings is 2. The SMILES string of the molecule is N=C(N)c1ccc(OCc2ccccc2)c(F)c1F. The van der Waals surface area contributed by atoms with Gasteiger partial charge in [-0.25, -0.2) is 4.39 Å². The van der Waals surface area contributed by atoms with Gasteiger partial charge in [-0.3, -0.25) is 5.41 Å². The second kappa shape index (κ2) is 5.48. The number of ether oxygens (including phenoxy) is 1. The van der Waals surface area contributed by atoms with E-state index in [-0.39, 0.29) is 17.9 Å². The van der Waals surface area contributed by atoms with Crippen LogP contribution in [0.3, 0.4) is 0 Å². The standard InChI is InChI=1S/C14H12F2N2O/c15-12-10(14(17)18)6-7-11(13(12)16)19-8-9-4-2-1-3-5-9/h1-7H,8H2,(H3,17,18). The van der Waals surface area contributed by atoms with Crippen molar-refractivity contribution in [2.45, 2.75) is 6.61 Å². The van der Waals surface area contributed by atoms with Gasteiger partial charge in [0, 0.05) is 0 Å². The van der Waals surface area contributed by atoms with Gasteiger partial charge in [-0.15, -0.1) is 0 Å². The third kappa shape index (κ3) is 2.88. The third-order valence-corrected chi connectivity index (χ3v) is 2.57. The Morgan fingerprint density at radius 2 is 1.74 bits per heavy atom. The molecule has 0 heterocycles. The summed E-state index contributed by atoms with van der Waals surface area (Å²) >= 11 is 0. The van der Waals surface area contributed by atoms with Gasteiger partial charge in [0.15, 0.2) is 11.6 Å². The van der Waals surface area contributed by atoms with Crippen LogP contribution < -0.4 is 10.5 Å². The Balaban J connectivity index is 2.18. The van der Waals surface area contributed by atoms with E-state index in [9.17, 15) is 8.78 Å². The molecule has 0 aliphatic carbocycles. The molecule has 0 aliphatic rings. The summed E-state index contributed by atoms with van der Waals surface area (Å²) in [6.07, 6.45) is 0. The van der Waals surface area contributed by atoms with E-state index in [4.69, 9.17) is 15.9 Å². The summed E-state index contributed by atoms with van der Waals surface area (Å²) in [4.78, 5) is 0. The van der Waals surface area contributed by atoms with E-state index in [1.54, 1.807) is 0 Å². The van der Waals surface area contributed by atoms with E-state index in [2.05, 4.69) is 0 Å². The van der Waals surface area contributed by atoms with Crippen LogP contribution in [0.25, 0.3) is 0 Å². The number of hydrogen-bond acceptors (Lipinski definition) is 2. The lowest BCUT2D eigenvalue weighted by Crippen LogP contribution is -2.14. The molecule has 0 aromatic heterocycles.